The van der Waals surface area contributed by atoms with Crippen molar-refractivity contribution in [3.05, 3.63) is 59.7 Å². The van der Waals surface area contributed by atoms with E-state index in [4.69, 9.17) is 9.47 Å². The molecule has 1 heterocycles. The molecule has 0 amide bonds. The molecule has 1 aliphatic heterocycles. The van der Waals surface area contributed by atoms with Crippen molar-refractivity contribution in [1.29, 1.82) is 0 Å². The van der Waals surface area contributed by atoms with Crippen molar-refractivity contribution in [2.24, 2.45) is 5.92 Å². The van der Waals surface area contributed by atoms with Gasteiger partial charge in [0.25, 0.3) is 0 Å². The molecule has 6 nitrogen and oxygen atoms in total. The fraction of sp³-hybridized carbons (Fsp3) is 0.600. The van der Waals surface area contributed by atoms with Crippen LogP contribution in [0.4, 0.5) is 0 Å². The summed E-state index contributed by atoms with van der Waals surface area (Å²) in [7, 11) is 7.86. The van der Waals surface area contributed by atoms with E-state index in [1.54, 1.807) is 14.2 Å². The second kappa shape index (κ2) is 10.3. The average Bonchev–Trinajstić information content (AvgIpc) is 3.12. The second-order valence-corrected chi connectivity index (χ2v) is 11.4. The molecule has 1 atom stereocenters. The zero-order chi connectivity index (χ0) is 25.3. The molecule has 6 heteroatoms. The minimum absolute atomic E-state index is 0.0137. The van der Waals surface area contributed by atoms with Crippen LogP contribution in [0, 0.1) is 5.92 Å². The fourth-order valence-corrected chi connectivity index (χ4v) is 6.82. The van der Waals surface area contributed by atoms with Crippen LogP contribution in [0.3, 0.4) is 0 Å². The van der Waals surface area contributed by atoms with Gasteiger partial charge in [-0.05, 0) is 93.9 Å². The first-order chi connectivity index (χ1) is 17.4. The van der Waals surface area contributed by atoms with Crippen LogP contribution in [-0.4, -0.2) is 73.1 Å². The van der Waals surface area contributed by atoms with Gasteiger partial charge in [0.15, 0.2) is 6.35 Å². The molecule has 1 saturated heterocycles. The number of methoxy groups -OCH3 is 2. The van der Waals surface area contributed by atoms with E-state index in [-0.39, 0.29) is 11.1 Å². The smallest absolute Gasteiger partial charge is 0.166 e. The maximum Gasteiger partial charge on any atom is 0.166 e. The van der Waals surface area contributed by atoms with Crippen molar-refractivity contribution >= 4 is 0 Å². The predicted molar refractivity (Wildman–Crippen MR) is 143 cm³/mol. The third-order valence-corrected chi connectivity index (χ3v) is 9.41. The maximum absolute atomic E-state index is 11.6. The molecule has 3 fully saturated rings. The minimum atomic E-state index is -0.531. The maximum atomic E-state index is 11.6. The molecule has 36 heavy (non-hydrogen) atoms. The summed E-state index contributed by atoms with van der Waals surface area (Å²) in [5.74, 6) is 2.51. The molecule has 2 aromatic rings. The van der Waals surface area contributed by atoms with Crippen LogP contribution in [0.15, 0.2) is 48.5 Å². The van der Waals surface area contributed by atoms with Gasteiger partial charge < -0.3 is 14.6 Å². The number of benzene rings is 2. The van der Waals surface area contributed by atoms with E-state index in [1.807, 2.05) is 18.2 Å². The van der Waals surface area contributed by atoms with Crippen molar-refractivity contribution in [3.8, 4) is 11.5 Å². The summed E-state index contributed by atoms with van der Waals surface area (Å²) in [5, 5.41) is 11.6. The van der Waals surface area contributed by atoms with Gasteiger partial charge in [-0.3, -0.25) is 14.7 Å². The minimum Gasteiger partial charge on any atom is -0.497 e. The van der Waals surface area contributed by atoms with Gasteiger partial charge in [-0.1, -0.05) is 30.7 Å². The monoisotopic (exact) mass is 493 g/mol. The van der Waals surface area contributed by atoms with E-state index in [2.05, 4.69) is 59.1 Å². The Balaban J connectivity index is 1.39. The van der Waals surface area contributed by atoms with E-state index in [0.29, 0.717) is 0 Å². The lowest BCUT2D eigenvalue weighted by atomic mass is 9.68. The van der Waals surface area contributed by atoms with E-state index < -0.39 is 6.35 Å². The van der Waals surface area contributed by atoms with Gasteiger partial charge in [0, 0.05) is 30.7 Å². The van der Waals surface area contributed by atoms with Crippen LogP contribution in [0.25, 0.3) is 0 Å². The number of nitrogens with zero attached hydrogens (tertiary/aromatic N) is 3. The van der Waals surface area contributed by atoms with Crippen molar-refractivity contribution in [2.75, 3.05) is 41.4 Å². The van der Waals surface area contributed by atoms with Gasteiger partial charge >= 0.3 is 0 Å². The number of rotatable bonds is 8. The molecule has 0 aromatic heterocycles. The van der Waals surface area contributed by atoms with Crippen LogP contribution < -0.4 is 9.47 Å². The quantitative estimate of drug-likeness (QED) is 0.577. The van der Waals surface area contributed by atoms with Crippen LogP contribution in [0.2, 0.25) is 0 Å². The molecule has 2 aromatic carbocycles. The van der Waals surface area contributed by atoms with Gasteiger partial charge in [0.05, 0.1) is 14.2 Å². The Hall–Kier alpha value is -2.12. The van der Waals surface area contributed by atoms with E-state index in [0.717, 1.165) is 62.7 Å². The molecule has 5 rings (SSSR count). The number of hydrogen-bond donors (Lipinski definition) is 1. The molecule has 0 radical (unpaired) electrons. The molecule has 2 saturated carbocycles. The molecule has 1 spiro atoms. The van der Waals surface area contributed by atoms with Crippen molar-refractivity contribution in [1.82, 2.24) is 14.7 Å². The predicted octanol–water partition coefficient (Wildman–Crippen LogP) is 4.67. The zero-order valence-corrected chi connectivity index (χ0v) is 22.4. The van der Waals surface area contributed by atoms with Crippen molar-refractivity contribution in [3.63, 3.8) is 0 Å². The van der Waals surface area contributed by atoms with E-state index in [9.17, 15) is 5.11 Å². The van der Waals surface area contributed by atoms with E-state index >= 15 is 0 Å². The van der Waals surface area contributed by atoms with Crippen LogP contribution in [-0.2, 0) is 12.1 Å². The lowest BCUT2D eigenvalue weighted by Gasteiger charge is -2.52. The van der Waals surface area contributed by atoms with Crippen molar-refractivity contribution in [2.45, 2.75) is 68.9 Å². The first kappa shape index (κ1) is 25.5. The summed E-state index contributed by atoms with van der Waals surface area (Å²) in [6, 6.07) is 16.9. The third kappa shape index (κ3) is 4.65. The highest BCUT2D eigenvalue weighted by Crippen LogP contribution is 2.50. The largest absolute Gasteiger partial charge is 0.497 e. The normalized spacial score (nSPS) is 29.6. The first-order valence-electron chi connectivity index (χ1n) is 13.5. The Morgan fingerprint density at radius 1 is 0.944 bits per heavy atom. The number of hydrogen-bond acceptors (Lipinski definition) is 6. The van der Waals surface area contributed by atoms with Crippen molar-refractivity contribution < 1.29 is 14.6 Å². The van der Waals surface area contributed by atoms with Gasteiger partial charge in [0.1, 0.15) is 11.5 Å². The molecule has 0 bridgehead atoms. The number of aliphatic hydroxyl groups excluding tert-OH is 1. The lowest BCUT2D eigenvalue weighted by Crippen LogP contribution is -2.57. The van der Waals surface area contributed by atoms with Gasteiger partial charge in [0.2, 0.25) is 0 Å². The number of ether oxygens (including phenoxy) is 2. The molecular formula is C30H43N3O3. The topological polar surface area (TPSA) is 48.4 Å². The lowest BCUT2D eigenvalue weighted by molar-refractivity contribution is -0.104. The van der Waals surface area contributed by atoms with Gasteiger partial charge in [-0.2, -0.15) is 0 Å². The Labute approximate surface area is 216 Å². The Bertz CT molecular complexity index is 1010. The highest BCUT2D eigenvalue weighted by atomic mass is 16.5. The fourth-order valence-electron chi connectivity index (χ4n) is 6.82. The summed E-state index contributed by atoms with van der Waals surface area (Å²) >= 11 is 0. The molecule has 2 aliphatic carbocycles. The summed E-state index contributed by atoms with van der Waals surface area (Å²) in [6.07, 6.45) is 7.67. The molecule has 1 unspecified atom stereocenters. The molecule has 196 valence electrons. The summed E-state index contributed by atoms with van der Waals surface area (Å²) in [4.78, 5) is 7.17. The Kier molecular flexibility index (Phi) is 7.32. The summed E-state index contributed by atoms with van der Waals surface area (Å²) < 4.78 is 10.9. The Morgan fingerprint density at radius 2 is 1.64 bits per heavy atom. The third-order valence-electron chi connectivity index (χ3n) is 9.41. The Morgan fingerprint density at radius 3 is 2.22 bits per heavy atom. The van der Waals surface area contributed by atoms with Gasteiger partial charge in [-0.15, -0.1) is 0 Å². The van der Waals surface area contributed by atoms with Crippen LogP contribution in [0.5, 0.6) is 11.5 Å². The van der Waals surface area contributed by atoms with E-state index in [1.165, 1.54) is 30.4 Å². The van der Waals surface area contributed by atoms with Gasteiger partial charge in [-0.25, -0.2) is 0 Å². The highest BCUT2D eigenvalue weighted by Gasteiger charge is 2.55. The standard InChI is InChI=1S/C30H43N3O3/c1-31(2)30(25-9-6-10-27(19-25)36-4)17-15-29(16-18-30)22-32(20-24-11-13-26(35-3)14-12-24)28(34)33(29)21-23-7-5-8-23/h6,9-14,19,23,28,34H,5,7-8,15-18,20-22H2,1-4H3. The molecular weight excluding hydrogens is 450 g/mol. The SMILES string of the molecule is COc1ccc(CN2CC3(CCC(c4cccc(OC)c4)(N(C)C)CC3)N(CC3CCC3)C2O)cc1. The first-order valence-corrected chi connectivity index (χ1v) is 13.5. The zero-order valence-electron chi connectivity index (χ0n) is 22.4. The average molecular weight is 494 g/mol. The second-order valence-electron chi connectivity index (χ2n) is 11.4. The molecule has 3 aliphatic rings. The number of aliphatic hydroxyl groups is 1. The van der Waals surface area contributed by atoms with Crippen LogP contribution in [0.1, 0.15) is 56.1 Å². The molecule has 1 N–H and O–H groups in total. The highest BCUT2D eigenvalue weighted by molar-refractivity contribution is 5.35. The summed E-state index contributed by atoms with van der Waals surface area (Å²) in [5.41, 5.74) is 2.54. The van der Waals surface area contributed by atoms with Crippen LogP contribution >= 0.6 is 0 Å². The summed E-state index contributed by atoms with van der Waals surface area (Å²) in [6.45, 7) is 2.67.